The number of carbonyl (C=O) groups excluding carboxylic acids is 2. The fraction of sp³-hybridized carbons (Fsp3) is 0.882. The normalized spacial score (nSPS) is 12.3. The number of carbonyl (C=O) groups is 2. The van der Waals surface area contributed by atoms with Crippen LogP contribution in [0.3, 0.4) is 0 Å². The lowest BCUT2D eigenvalue weighted by Gasteiger charge is -2.31. The zero-order valence-electron chi connectivity index (χ0n) is 17.1. The Balaban J connectivity index is 4.00. The molecule has 0 atom stereocenters. The van der Waals surface area contributed by atoms with Crippen molar-refractivity contribution in [2.45, 2.75) is 12.8 Å². The summed E-state index contributed by atoms with van der Waals surface area (Å²) in [6, 6.07) is 0. The van der Waals surface area contributed by atoms with Crippen LogP contribution in [0.15, 0.2) is 0 Å². The van der Waals surface area contributed by atoms with Crippen LogP contribution in [-0.2, 0) is 9.59 Å². The summed E-state index contributed by atoms with van der Waals surface area (Å²) >= 11 is 0. The highest BCUT2D eigenvalue weighted by atomic mass is 16.3. The summed E-state index contributed by atoms with van der Waals surface area (Å²) in [5.74, 6) is -0.285. The van der Waals surface area contributed by atoms with Gasteiger partial charge in [-0.25, -0.2) is 0 Å². The van der Waals surface area contributed by atoms with Crippen molar-refractivity contribution in [3.05, 3.63) is 0 Å². The van der Waals surface area contributed by atoms with Gasteiger partial charge in [0.1, 0.15) is 13.5 Å². The number of nitrogens with zero attached hydrogens (tertiary/aromatic N) is 3. The van der Waals surface area contributed by atoms with Crippen LogP contribution in [0.25, 0.3) is 0 Å². The van der Waals surface area contributed by atoms with E-state index in [4.69, 9.17) is 10.2 Å². The lowest BCUT2D eigenvalue weighted by atomic mass is 10.3. The van der Waals surface area contributed by atoms with E-state index in [-0.39, 0.29) is 25.3 Å². The van der Waals surface area contributed by atoms with Gasteiger partial charge in [0.05, 0.1) is 41.3 Å². The average Bonchev–Trinajstić information content (AvgIpc) is 2.45. The monoisotopic (exact) mass is 377 g/mol. The van der Waals surface area contributed by atoms with Crippen LogP contribution in [0, 0.1) is 0 Å². The molecule has 2 amide bonds. The van der Waals surface area contributed by atoms with E-state index >= 15 is 0 Å². The van der Waals surface area contributed by atoms with Crippen molar-refractivity contribution in [3.63, 3.8) is 0 Å². The molecule has 0 bridgehead atoms. The van der Waals surface area contributed by atoms with E-state index in [1.54, 1.807) is 0 Å². The van der Waals surface area contributed by atoms with Crippen LogP contribution >= 0.6 is 0 Å². The standard InChI is InChI=1S/C17H37N5O4/c1-20(8-6-10-21(2,3)12-16(25)18-14-23)9-7-11-22(4,5)13-17(26)19-15-24/h23-24H,6-15H2,1-5H3/p+2. The van der Waals surface area contributed by atoms with Gasteiger partial charge in [-0.05, 0) is 7.05 Å². The molecule has 154 valence electrons. The number of hydrogen-bond donors (Lipinski definition) is 4. The minimum Gasteiger partial charge on any atom is -0.376 e. The van der Waals surface area contributed by atoms with Gasteiger partial charge < -0.3 is 34.7 Å². The van der Waals surface area contributed by atoms with Crippen molar-refractivity contribution >= 4 is 11.8 Å². The zero-order valence-corrected chi connectivity index (χ0v) is 17.1. The molecule has 0 saturated carbocycles. The van der Waals surface area contributed by atoms with Crippen LogP contribution in [0.5, 0.6) is 0 Å². The maximum absolute atomic E-state index is 11.6. The predicted molar refractivity (Wildman–Crippen MR) is 101 cm³/mol. The molecule has 26 heavy (non-hydrogen) atoms. The first-order chi connectivity index (χ1) is 12.0. The summed E-state index contributed by atoms with van der Waals surface area (Å²) in [5.41, 5.74) is 0. The van der Waals surface area contributed by atoms with Crippen LogP contribution in [0.2, 0.25) is 0 Å². The maximum Gasteiger partial charge on any atom is 0.277 e. The van der Waals surface area contributed by atoms with E-state index in [9.17, 15) is 9.59 Å². The maximum atomic E-state index is 11.6. The summed E-state index contributed by atoms with van der Waals surface area (Å²) in [6.45, 7) is 3.72. The Bertz CT molecular complexity index is 391. The highest BCUT2D eigenvalue weighted by Crippen LogP contribution is 2.03. The molecule has 0 aromatic heterocycles. The quantitative estimate of drug-likeness (QED) is 0.207. The fourth-order valence-electron chi connectivity index (χ4n) is 2.87. The number of quaternary nitrogens is 2. The number of amides is 2. The molecule has 9 nitrogen and oxygen atoms in total. The van der Waals surface area contributed by atoms with Crippen LogP contribution in [-0.4, -0.2) is 124 Å². The van der Waals surface area contributed by atoms with Crippen LogP contribution in [0.4, 0.5) is 0 Å². The molecular formula is C17H39N5O4+2. The summed E-state index contributed by atoms with van der Waals surface area (Å²) in [5, 5.41) is 22.3. The molecule has 0 saturated heterocycles. The van der Waals surface area contributed by atoms with Crippen molar-refractivity contribution in [2.75, 3.05) is 88.0 Å². The third-order valence-electron chi connectivity index (χ3n) is 4.30. The Morgan fingerprint density at radius 1 is 0.808 bits per heavy atom. The molecule has 0 fully saturated rings. The third kappa shape index (κ3) is 13.0. The number of rotatable bonds is 14. The molecule has 0 aromatic carbocycles. The molecule has 0 rings (SSSR count). The first kappa shape index (κ1) is 24.7. The van der Waals surface area contributed by atoms with Gasteiger partial charge in [0.15, 0.2) is 13.1 Å². The Labute approximate surface area is 157 Å². The van der Waals surface area contributed by atoms with E-state index in [1.807, 2.05) is 28.2 Å². The number of likely N-dealkylation sites (N-methyl/N-ethyl adjacent to an activating group) is 2. The van der Waals surface area contributed by atoms with Gasteiger partial charge >= 0.3 is 0 Å². The average molecular weight is 378 g/mol. The SMILES string of the molecule is CN(CCC[N+](C)(C)CC(=O)NCO)CCC[N+](C)(C)CC(=O)NCO. The largest absolute Gasteiger partial charge is 0.376 e. The Morgan fingerprint density at radius 3 is 1.46 bits per heavy atom. The highest BCUT2D eigenvalue weighted by molar-refractivity contribution is 5.77. The minimum atomic E-state index is -0.321. The number of aliphatic hydroxyl groups is 2. The minimum absolute atomic E-state index is 0.143. The second kappa shape index (κ2) is 12.2. The molecule has 0 aromatic rings. The number of nitrogens with one attached hydrogen (secondary N) is 2. The first-order valence-electron chi connectivity index (χ1n) is 9.09. The smallest absolute Gasteiger partial charge is 0.277 e. The Hall–Kier alpha value is -1.26. The molecular weight excluding hydrogens is 338 g/mol. The molecule has 0 aliphatic carbocycles. The summed E-state index contributed by atoms with van der Waals surface area (Å²) in [6.07, 6.45) is 1.96. The summed E-state index contributed by atoms with van der Waals surface area (Å²) in [7, 11) is 10.1. The summed E-state index contributed by atoms with van der Waals surface area (Å²) in [4.78, 5) is 25.4. The van der Waals surface area contributed by atoms with Gasteiger partial charge in [0.2, 0.25) is 0 Å². The third-order valence-corrected chi connectivity index (χ3v) is 4.30. The Kier molecular flexibility index (Phi) is 11.6. The van der Waals surface area contributed by atoms with Gasteiger partial charge in [-0.15, -0.1) is 0 Å². The lowest BCUT2D eigenvalue weighted by Crippen LogP contribution is -2.49. The van der Waals surface area contributed by atoms with E-state index in [0.29, 0.717) is 22.1 Å². The van der Waals surface area contributed by atoms with Gasteiger partial charge in [0, 0.05) is 25.9 Å². The van der Waals surface area contributed by atoms with Crippen molar-refractivity contribution < 1.29 is 28.8 Å². The van der Waals surface area contributed by atoms with Crippen LogP contribution < -0.4 is 10.6 Å². The zero-order chi connectivity index (χ0) is 20.2. The fourth-order valence-corrected chi connectivity index (χ4v) is 2.87. The predicted octanol–water partition coefficient (Wildman–Crippen LogP) is -2.02. The number of aliphatic hydroxyl groups excluding tert-OH is 2. The summed E-state index contributed by atoms with van der Waals surface area (Å²) < 4.78 is 1.17. The van der Waals surface area contributed by atoms with Gasteiger partial charge in [-0.1, -0.05) is 0 Å². The van der Waals surface area contributed by atoms with Gasteiger partial charge in [0.25, 0.3) is 11.8 Å². The highest BCUT2D eigenvalue weighted by Gasteiger charge is 2.21. The van der Waals surface area contributed by atoms with Gasteiger partial charge in [-0.2, -0.15) is 0 Å². The van der Waals surface area contributed by atoms with E-state index in [2.05, 4.69) is 22.6 Å². The first-order valence-corrected chi connectivity index (χ1v) is 9.09. The van der Waals surface area contributed by atoms with E-state index in [1.165, 1.54) is 0 Å². The van der Waals surface area contributed by atoms with Crippen LogP contribution in [0.1, 0.15) is 12.8 Å². The molecule has 0 aliphatic rings. The molecule has 0 spiro atoms. The Morgan fingerprint density at radius 2 is 1.15 bits per heavy atom. The molecule has 0 unspecified atom stereocenters. The number of hydrogen-bond acceptors (Lipinski definition) is 5. The second-order valence-electron chi connectivity index (χ2n) is 8.16. The van der Waals surface area contributed by atoms with Gasteiger partial charge in [-0.3, -0.25) is 9.59 Å². The van der Waals surface area contributed by atoms with Crippen molar-refractivity contribution in [3.8, 4) is 0 Å². The van der Waals surface area contributed by atoms with E-state index < -0.39 is 0 Å². The molecule has 0 aliphatic heterocycles. The van der Waals surface area contributed by atoms with Crippen molar-refractivity contribution in [1.29, 1.82) is 0 Å². The molecule has 9 heteroatoms. The molecule has 0 radical (unpaired) electrons. The second-order valence-corrected chi connectivity index (χ2v) is 8.16. The van der Waals surface area contributed by atoms with Crippen molar-refractivity contribution in [1.82, 2.24) is 15.5 Å². The molecule has 4 N–H and O–H groups in total. The molecule has 0 heterocycles. The topological polar surface area (TPSA) is 102 Å². The lowest BCUT2D eigenvalue weighted by molar-refractivity contribution is -0.882. The van der Waals surface area contributed by atoms with E-state index in [0.717, 1.165) is 39.0 Å². The van der Waals surface area contributed by atoms with Crippen molar-refractivity contribution in [2.24, 2.45) is 0 Å².